The van der Waals surface area contributed by atoms with E-state index in [9.17, 15) is 23.2 Å². The summed E-state index contributed by atoms with van der Waals surface area (Å²) in [6.07, 6.45) is 0. The van der Waals surface area contributed by atoms with Gasteiger partial charge in [0.1, 0.15) is 23.4 Å². The van der Waals surface area contributed by atoms with Gasteiger partial charge in [-0.15, -0.1) is 0 Å². The number of para-hydroxylation sites is 1. The topological polar surface area (TPSA) is 93.1 Å². The van der Waals surface area contributed by atoms with Crippen LogP contribution in [0.4, 0.5) is 20.2 Å². The normalized spacial score (nSPS) is 11.6. The van der Waals surface area contributed by atoms with Crippen molar-refractivity contribution < 1.29 is 18.4 Å². The van der Waals surface area contributed by atoms with Crippen LogP contribution in [0.5, 0.6) is 0 Å². The van der Waals surface area contributed by atoms with Crippen LogP contribution in [0.2, 0.25) is 0 Å². The highest BCUT2D eigenvalue weighted by Crippen LogP contribution is 2.24. The number of anilines is 2. The van der Waals surface area contributed by atoms with Crippen LogP contribution in [-0.4, -0.2) is 21.6 Å². The summed E-state index contributed by atoms with van der Waals surface area (Å²) in [5, 5.41) is 9.13. The van der Waals surface area contributed by atoms with Crippen molar-refractivity contribution in [3.8, 4) is 11.3 Å². The molecule has 0 aliphatic rings. The average Bonchev–Trinajstić information content (AvgIpc) is 2.72. The SMILES string of the molecule is CC(=O)Nc1cc(-c2ccc(=O)n(C(C)C(=O)Nc3c(F)cccc3F)n2)ccc1C. The molecule has 3 aromatic rings. The second-order valence-electron chi connectivity index (χ2n) is 6.97. The Kier molecular flexibility index (Phi) is 6.24. The molecule has 1 atom stereocenters. The maximum Gasteiger partial charge on any atom is 0.267 e. The Morgan fingerprint density at radius 1 is 1.03 bits per heavy atom. The highest BCUT2D eigenvalue weighted by atomic mass is 19.1. The molecule has 2 N–H and O–H groups in total. The van der Waals surface area contributed by atoms with E-state index in [1.807, 2.05) is 6.92 Å². The second kappa shape index (κ2) is 8.86. The average molecular weight is 426 g/mol. The van der Waals surface area contributed by atoms with E-state index in [1.54, 1.807) is 18.2 Å². The summed E-state index contributed by atoms with van der Waals surface area (Å²) in [6, 6.07) is 10.0. The summed E-state index contributed by atoms with van der Waals surface area (Å²) in [5.74, 6) is -2.90. The minimum absolute atomic E-state index is 0.233. The first-order chi connectivity index (χ1) is 14.7. The Labute approximate surface area is 176 Å². The summed E-state index contributed by atoms with van der Waals surface area (Å²) in [6.45, 7) is 4.62. The maximum atomic E-state index is 13.8. The van der Waals surface area contributed by atoms with Crippen LogP contribution < -0.4 is 16.2 Å². The highest BCUT2D eigenvalue weighted by Gasteiger charge is 2.21. The molecule has 2 aromatic carbocycles. The Morgan fingerprint density at radius 2 is 1.71 bits per heavy atom. The predicted molar refractivity (Wildman–Crippen MR) is 113 cm³/mol. The smallest absolute Gasteiger partial charge is 0.267 e. The van der Waals surface area contributed by atoms with E-state index in [1.165, 1.54) is 32.0 Å². The molecule has 2 amide bonds. The van der Waals surface area contributed by atoms with E-state index in [4.69, 9.17) is 0 Å². The number of aryl methyl sites for hydroxylation is 1. The van der Waals surface area contributed by atoms with Gasteiger partial charge in [-0.05, 0) is 43.7 Å². The summed E-state index contributed by atoms with van der Waals surface area (Å²) >= 11 is 0. The fourth-order valence-corrected chi connectivity index (χ4v) is 2.92. The van der Waals surface area contributed by atoms with E-state index in [0.717, 1.165) is 22.4 Å². The first-order valence-electron chi connectivity index (χ1n) is 9.40. The van der Waals surface area contributed by atoms with Gasteiger partial charge in [-0.2, -0.15) is 5.10 Å². The third-order valence-corrected chi connectivity index (χ3v) is 4.63. The van der Waals surface area contributed by atoms with Crippen molar-refractivity contribution in [3.05, 3.63) is 76.1 Å². The number of amides is 2. The first-order valence-corrected chi connectivity index (χ1v) is 9.40. The van der Waals surface area contributed by atoms with Crippen LogP contribution in [0.15, 0.2) is 53.3 Å². The summed E-state index contributed by atoms with van der Waals surface area (Å²) < 4.78 is 28.6. The van der Waals surface area contributed by atoms with Gasteiger partial charge in [0.2, 0.25) is 11.8 Å². The van der Waals surface area contributed by atoms with Gasteiger partial charge < -0.3 is 10.6 Å². The van der Waals surface area contributed by atoms with Crippen LogP contribution in [0.1, 0.15) is 25.5 Å². The summed E-state index contributed by atoms with van der Waals surface area (Å²) in [4.78, 5) is 36.3. The summed E-state index contributed by atoms with van der Waals surface area (Å²) in [7, 11) is 0. The largest absolute Gasteiger partial charge is 0.326 e. The number of carbonyl (C=O) groups excluding carboxylic acids is 2. The number of hydrogen-bond acceptors (Lipinski definition) is 4. The molecular weight excluding hydrogens is 406 g/mol. The van der Waals surface area contributed by atoms with Crippen LogP contribution >= 0.6 is 0 Å². The number of aromatic nitrogens is 2. The van der Waals surface area contributed by atoms with Gasteiger partial charge in [0.15, 0.2) is 0 Å². The molecule has 0 radical (unpaired) electrons. The molecule has 3 rings (SSSR count). The Hall–Kier alpha value is -3.88. The Bertz CT molecular complexity index is 1200. The monoisotopic (exact) mass is 426 g/mol. The lowest BCUT2D eigenvalue weighted by Crippen LogP contribution is -2.33. The van der Waals surface area contributed by atoms with Crippen LogP contribution in [0.3, 0.4) is 0 Å². The molecule has 9 heteroatoms. The van der Waals surface area contributed by atoms with Gasteiger partial charge in [0, 0.05) is 24.2 Å². The molecule has 0 aliphatic heterocycles. The van der Waals surface area contributed by atoms with Gasteiger partial charge in [-0.25, -0.2) is 13.5 Å². The number of rotatable bonds is 5. The molecular formula is C22H20F2N4O3. The fraction of sp³-hybridized carbons (Fsp3) is 0.182. The third kappa shape index (κ3) is 4.82. The fourth-order valence-electron chi connectivity index (χ4n) is 2.92. The molecule has 1 unspecified atom stereocenters. The molecule has 0 saturated carbocycles. The molecule has 0 saturated heterocycles. The Morgan fingerprint density at radius 3 is 2.35 bits per heavy atom. The van der Waals surface area contributed by atoms with Crippen molar-refractivity contribution in [1.29, 1.82) is 0 Å². The molecule has 0 aliphatic carbocycles. The zero-order chi connectivity index (χ0) is 22.7. The van der Waals surface area contributed by atoms with Crippen molar-refractivity contribution in [1.82, 2.24) is 9.78 Å². The van der Waals surface area contributed by atoms with E-state index >= 15 is 0 Å². The van der Waals surface area contributed by atoms with Crippen LogP contribution in [0, 0.1) is 18.6 Å². The van der Waals surface area contributed by atoms with Gasteiger partial charge in [0.05, 0.1) is 5.69 Å². The van der Waals surface area contributed by atoms with Gasteiger partial charge in [-0.3, -0.25) is 14.4 Å². The highest BCUT2D eigenvalue weighted by molar-refractivity contribution is 5.93. The number of carbonyl (C=O) groups is 2. The number of halogens is 2. The minimum Gasteiger partial charge on any atom is -0.326 e. The maximum absolute atomic E-state index is 13.8. The summed E-state index contributed by atoms with van der Waals surface area (Å²) in [5.41, 5.74) is 1.26. The van der Waals surface area contributed by atoms with Gasteiger partial charge in [0.25, 0.3) is 5.56 Å². The molecule has 0 bridgehead atoms. The van der Waals surface area contributed by atoms with Crippen molar-refractivity contribution in [2.75, 3.05) is 10.6 Å². The molecule has 7 nitrogen and oxygen atoms in total. The Balaban J connectivity index is 1.93. The molecule has 1 heterocycles. The van der Waals surface area contributed by atoms with Crippen LogP contribution in [-0.2, 0) is 9.59 Å². The van der Waals surface area contributed by atoms with Crippen LogP contribution in [0.25, 0.3) is 11.3 Å². The number of nitrogens with zero attached hydrogens (tertiary/aromatic N) is 2. The zero-order valence-corrected chi connectivity index (χ0v) is 17.1. The third-order valence-electron chi connectivity index (χ3n) is 4.63. The second-order valence-corrected chi connectivity index (χ2v) is 6.97. The van der Waals surface area contributed by atoms with Crippen molar-refractivity contribution in [3.63, 3.8) is 0 Å². The zero-order valence-electron chi connectivity index (χ0n) is 17.1. The lowest BCUT2D eigenvalue weighted by molar-refractivity contribution is -0.119. The molecule has 0 spiro atoms. The molecule has 0 fully saturated rings. The number of nitrogens with one attached hydrogen (secondary N) is 2. The van der Waals surface area contributed by atoms with E-state index in [-0.39, 0.29) is 5.91 Å². The quantitative estimate of drug-likeness (QED) is 0.651. The first kappa shape index (κ1) is 21.8. The lowest BCUT2D eigenvalue weighted by Gasteiger charge is -2.16. The van der Waals surface area contributed by atoms with E-state index in [0.29, 0.717) is 16.9 Å². The standard InChI is InChI=1S/C22H20F2N4O3/c1-12-7-8-15(11-19(12)25-14(3)29)18-9-10-20(30)28(27-18)13(2)22(31)26-21-16(23)5-4-6-17(21)24/h4-11,13H,1-3H3,(H,25,29)(H,26,31). The van der Waals surface area contributed by atoms with Gasteiger partial charge >= 0.3 is 0 Å². The van der Waals surface area contributed by atoms with E-state index < -0.39 is 34.8 Å². The van der Waals surface area contributed by atoms with E-state index in [2.05, 4.69) is 15.7 Å². The predicted octanol–water partition coefficient (Wildman–Crippen LogP) is 3.66. The van der Waals surface area contributed by atoms with Crippen molar-refractivity contribution in [2.45, 2.75) is 26.8 Å². The van der Waals surface area contributed by atoms with Crippen molar-refractivity contribution in [2.24, 2.45) is 0 Å². The molecule has 160 valence electrons. The van der Waals surface area contributed by atoms with Crippen molar-refractivity contribution >= 4 is 23.2 Å². The number of hydrogen-bond donors (Lipinski definition) is 2. The number of benzene rings is 2. The molecule has 31 heavy (non-hydrogen) atoms. The lowest BCUT2D eigenvalue weighted by atomic mass is 10.1. The van der Waals surface area contributed by atoms with Gasteiger partial charge in [-0.1, -0.05) is 18.2 Å². The minimum atomic E-state index is -1.15. The molecule has 1 aromatic heterocycles.